The van der Waals surface area contributed by atoms with Crippen LogP contribution in [0.4, 0.5) is 16.2 Å². The summed E-state index contributed by atoms with van der Waals surface area (Å²) in [4.78, 5) is 39.9. The van der Waals surface area contributed by atoms with Gasteiger partial charge >= 0.3 is 6.09 Å². The number of carbonyl (C=O) groups excluding carboxylic acids is 2. The molecule has 0 radical (unpaired) electrons. The topological polar surface area (TPSA) is 124 Å². The molecule has 0 aliphatic carbocycles. The monoisotopic (exact) mass is 639 g/mol. The van der Waals surface area contributed by atoms with Crippen molar-refractivity contribution in [2.45, 2.75) is 51.8 Å². The first kappa shape index (κ1) is 31.2. The van der Waals surface area contributed by atoms with E-state index in [2.05, 4.69) is 36.9 Å². The second kappa shape index (κ2) is 12.9. The summed E-state index contributed by atoms with van der Waals surface area (Å²) in [5, 5.41) is 11.9. The van der Waals surface area contributed by atoms with Crippen molar-refractivity contribution in [1.82, 2.24) is 25.6 Å². The number of fused-ring (bicyclic) bond motifs is 2. The first-order chi connectivity index (χ1) is 22.1. The quantitative estimate of drug-likeness (QED) is 0.153. The molecular weight excluding hydrogens is 602 g/mol. The zero-order valence-electron chi connectivity index (χ0n) is 26.4. The normalized spacial score (nSPS) is 15.2. The number of halogens is 1. The number of anilines is 2. The van der Waals surface area contributed by atoms with Gasteiger partial charge in [0.15, 0.2) is 0 Å². The van der Waals surface area contributed by atoms with E-state index in [0.717, 1.165) is 63.7 Å². The van der Waals surface area contributed by atoms with Crippen molar-refractivity contribution in [2.24, 2.45) is 0 Å². The van der Waals surface area contributed by atoms with E-state index in [1.54, 1.807) is 13.2 Å². The number of rotatable bonds is 7. The highest BCUT2D eigenvalue weighted by molar-refractivity contribution is 6.30. The van der Waals surface area contributed by atoms with E-state index in [-0.39, 0.29) is 11.9 Å². The molecule has 1 saturated heterocycles. The Kier molecular flexibility index (Phi) is 8.73. The standard InChI is InChI=1S/C35H38ClN7O3/c1-35(2,3)46-34(45)42-25-9-6-12-43(20-25)31-27-14-22(28-18-41-32-26(28)15-23(17-40-32)33(44)37-4)10-11-29(27)39-19-30(31)38-16-21-7-5-8-24(36)13-21/h5,7-8,10-11,13-15,17-19,25,38H,6,9,12,16,20H2,1-4H3,(H,37,44)(H,40,41)(H,42,45). The molecule has 0 spiro atoms. The average Bonchev–Trinajstić information content (AvgIpc) is 3.45. The lowest BCUT2D eigenvalue weighted by Crippen LogP contribution is -2.49. The smallest absolute Gasteiger partial charge is 0.407 e. The number of aromatic nitrogens is 3. The zero-order valence-corrected chi connectivity index (χ0v) is 27.2. The minimum absolute atomic E-state index is 0.0846. The number of amides is 2. The van der Waals surface area contributed by atoms with Gasteiger partial charge in [0.05, 0.1) is 28.7 Å². The van der Waals surface area contributed by atoms with Crippen LogP contribution in [0.5, 0.6) is 0 Å². The molecule has 2 amide bonds. The van der Waals surface area contributed by atoms with Crippen LogP contribution in [0.1, 0.15) is 49.5 Å². The summed E-state index contributed by atoms with van der Waals surface area (Å²) >= 11 is 6.28. The zero-order chi connectivity index (χ0) is 32.4. The molecule has 5 aromatic rings. The number of aromatic amines is 1. The fraction of sp³-hybridized carbons (Fsp3) is 0.314. The van der Waals surface area contributed by atoms with Crippen LogP contribution in [0.25, 0.3) is 33.1 Å². The molecule has 11 heteroatoms. The van der Waals surface area contributed by atoms with Crippen molar-refractivity contribution in [1.29, 1.82) is 0 Å². The molecular formula is C35H38ClN7O3. The van der Waals surface area contributed by atoms with E-state index >= 15 is 0 Å². The number of benzene rings is 2. The minimum atomic E-state index is -0.577. The van der Waals surface area contributed by atoms with Gasteiger partial charge in [-0.25, -0.2) is 9.78 Å². The first-order valence-electron chi connectivity index (χ1n) is 15.4. The number of piperidine rings is 1. The first-order valence-corrected chi connectivity index (χ1v) is 15.8. The summed E-state index contributed by atoms with van der Waals surface area (Å²) in [7, 11) is 1.61. The summed E-state index contributed by atoms with van der Waals surface area (Å²) < 4.78 is 5.56. The van der Waals surface area contributed by atoms with Crippen LogP contribution in [-0.4, -0.2) is 58.7 Å². The summed E-state index contributed by atoms with van der Waals surface area (Å²) in [6.07, 6.45) is 6.70. The number of nitrogens with one attached hydrogen (secondary N) is 4. The predicted molar refractivity (Wildman–Crippen MR) is 184 cm³/mol. The molecule has 3 aromatic heterocycles. The van der Waals surface area contributed by atoms with Crippen LogP contribution in [0.15, 0.2) is 67.1 Å². The Bertz CT molecular complexity index is 1920. The molecule has 238 valence electrons. The second-order valence-electron chi connectivity index (χ2n) is 12.6. The highest BCUT2D eigenvalue weighted by atomic mass is 35.5. The van der Waals surface area contributed by atoms with Crippen molar-refractivity contribution in [3.05, 3.63) is 83.3 Å². The maximum atomic E-state index is 12.7. The van der Waals surface area contributed by atoms with Crippen LogP contribution in [0, 0.1) is 0 Å². The van der Waals surface area contributed by atoms with Gasteiger partial charge in [0.1, 0.15) is 11.2 Å². The molecule has 0 saturated carbocycles. The van der Waals surface area contributed by atoms with Gasteiger partial charge in [-0.1, -0.05) is 29.8 Å². The Morgan fingerprint density at radius 3 is 2.72 bits per heavy atom. The third kappa shape index (κ3) is 6.87. The molecule has 46 heavy (non-hydrogen) atoms. The van der Waals surface area contributed by atoms with Gasteiger partial charge < -0.3 is 30.6 Å². The third-order valence-corrected chi connectivity index (χ3v) is 8.24. The van der Waals surface area contributed by atoms with E-state index in [4.69, 9.17) is 21.3 Å². The Morgan fingerprint density at radius 1 is 1.09 bits per heavy atom. The summed E-state index contributed by atoms with van der Waals surface area (Å²) in [5.74, 6) is -0.193. The van der Waals surface area contributed by atoms with Crippen LogP contribution in [0.3, 0.4) is 0 Å². The average molecular weight is 640 g/mol. The Morgan fingerprint density at radius 2 is 1.93 bits per heavy atom. The van der Waals surface area contributed by atoms with Crippen molar-refractivity contribution in [2.75, 3.05) is 30.4 Å². The van der Waals surface area contributed by atoms with Gasteiger partial charge in [-0.15, -0.1) is 0 Å². The molecule has 4 N–H and O–H groups in total. The molecule has 2 aromatic carbocycles. The summed E-state index contributed by atoms with van der Waals surface area (Å²) in [6, 6.07) is 15.7. The maximum Gasteiger partial charge on any atom is 0.407 e. The maximum absolute atomic E-state index is 12.7. The lowest BCUT2D eigenvalue weighted by Gasteiger charge is -2.36. The van der Waals surface area contributed by atoms with Gasteiger partial charge in [0, 0.05) is 66.5 Å². The molecule has 6 rings (SSSR count). The lowest BCUT2D eigenvalue weighted by molar-refractivity contribution is 0.0500. The largest absolute Gasteiger partial charge is 0.444 e. The van der Waals surface area contributed by atoms with E-state index < -0.39 is 11.7 Å². The van der Waals surface area contributed by atoms with Crippen molar-refractivity contribution < 1.29 is 14.3 Å². The Balaban J connectivity index is 1.41. The SMILES string of the molecule is CNC(=O)c1cnc2[nH]cc(-c3ccc4ncc(NCc5cccc(Cl)c5)c(N5CCCC(NC(=O)OC(C)(C)C)C5)c4c3)c2c1. The number of pyridine rings is 2. The number of ether oxygens (including phenoxy) is 1. The number of alkyl carbamates (subject to hydrolysis) is 1. The fourth-order valence-corrected chi connectivity index (χ4v) is 6.16. The second-order valence-corrected chi connectivity index (χ2v) is 13.0. The molecule has 1 unspecified atom stereocenters. The molecule has 0 bridgehead atoms. The van der Waals surface area contributed by atoms with Crippen LogP contribution >= 0.6 is 11.6 Å². The fourth-order valence-electron chi connectivity index (χ4n) is 5.94. The lowest BCUT2D eigenvalue weighted by atomic mass is 9.99. The van der Waals surface area contributed by atoms with Crippen LogP contribution in [0.2, 0.25) is 5.02 Å². The molecule has 1 atom stereocenters. The van der Waals surface area contributed by atoms with Crippen molar-refractivity contribution >= 4 is 56.9 Å². The van der Waals surface area contributed by atoms with Crippen molar-refractivity contribution in [3.63, 3.8) is 0 Å². The van der Waals surface area contributed by atoms with Gasteiger partial charge in [-0.3, -0.25) is 9.78 Å². The highest BCUT2D eigenvalue weighted by Crippen LogP contribution is 2.39. The van der Waals surface area contributed by atoms with Gasteiger partial charge in [0.25, 0.3) is 5.91 Å². The molecule has 1 aliphatic rings. The number of H-pyrrole nitrogens is 1. The van der Waals surface area contributed by atoms with E-state index in [9.17, 15) is 9.59 Å². The number of hydrogen-bond acceptors (Lipinski definition) is 7. The van der Waals surface area contributed by atoms with Gasteiger partial charge in [-0.05, 0) is 75.1 Å². The highest BCUT2D eigenvalue weighted by Gasteiger charge is 2.27. The number of nitrogens with zero attached hydrogens (tertiary/aromatic N) is 3. The predicted octanol–water partition coefficient (Wildman–Crippen LogP) is 6.90. The van der Waals surface area contributed by atoms with E-state index in [1.165, 1.54) is 0 Å². The van der Waals surface area contributed by atoms with E-state index in [0.29, 0.717) is 29.3 Å². The van der Waals surface area contributed by atoms with E-state index in [1.807, 2.05) is 75.6 Å². The molecule has 1 aliphatic heterocycles. The molecule has 10 nitrogen and oxygen atoms in total. The number of hydrogen-bond donors (Lipinski definition) is 4. The van der Waals surface area contributed by atoms with Crippen molar-refractivity contribution in [3.8, 4) is 11.1 Å². The van der Waals surface area contributed by atoms with Crippen LogP contribution in [-0.2, 0) is 11.3 Å². The summed E-state index contributed by atoms with van der Waals surface area (Å²) in [6.45, 7) is 7.57. The third-order valence-electron chi connectivity index (χ3n) is 8.00. The molecule has 1 fully saturated rings. The minimum Gasteiger partial charge on any atom is -0.444 e. The van der Waals surface area contributed by atoms with Gasteiger partial charge in [-0.2, -0.15) is 0 Å². The van der Waals surface area contributed by atoms with Gasteiger partial charge in [0.2, 0.25) is 0 Å². The van der Waals surface area contributed by atoms with Crippen LogP contribution < -0.4 is 20.9 Å². The molecule has 4 heterocycles. The summed E-state index contributed by atoms with van der Waals surface area (Å²) in [5.41, 5.74) is 6.29. The number of carbonyl (C=O) groups is 2. The Labute approximate surface area is 272 Å². The Hall–Kier alpha value is -4.83.